The molecule has 0 aliphatic rings. The Balaban J connectivity index is 2.92. The second kappa shape index (κ2) is 4.37. The van der Waals surface area contributed by atoms with Gasteiger partial charge in [0, 0.05) is 5.69 Å². The predicted octanol–water partition coefficient (Wildman–Crippen LogP) is 0.971. The van der Waals surface area contributed by atoms with Crippen molar-refractivity contribution in [3.8, 4) is 0 Å². The quantitative estimate of drug-likeness (QED) is 0.759. The Morgan fingerprint density at radius 1 is 1.46 bits per heavy atom. The normalized spacial score (nSPS) is 10.8. The van der Waals surface area contributed by atoms with E-state index in [0.29, 0.717) is 13.1 Å². The third kappa shape index (κ3) is 2.06. The summed E-state index contributed by atoms with van der Waals surface area (Å²) >= 11 is 0. The van der Waals surface area contributed by atoms with Crippen molar-refractivity contribution in [1.29, 1.82) is 0 Å². The highest BCUT2D eigenvalue weighted by atomic mass is 19.1. The highest BCUT2D eigenvalue weighted by molar-refractivity contribution is 5.24. The number of nitrogens with two attached hydrogens (primary N) is 1. The second-order valence-corrected chi connectivity index (χ2v) is 3.10. The standard InChI is InChI=1S/C9H16FN3/c1-7-9(3-5-11)8(2)13(12-7)6-4-10/h3-6,11H2,1-2H3. The highest BCUT2D eigenvalue weighted by Crippen LogP contribution is 2.12. The fraction of sp³-hybridized carbons (Fsp3) is 0.667. The molecule has 0 amide bonds. The average molecular weight is 185 g/mol. The van der Waals surface area contributed by atoms with Crippen LogP contribution in [0.3, 0.4) is 0 Å². The molecule has 1 aromatic heterocycles. The Kier molecular flexibility index (Phi) is 3.42. The fourth-order valence-electron chi connectivity index (χ4n) is 1.54. The fourth-order valence-corrected chi connectivity index (χ4v) is 1.54. The van der Waals surface area contributed by atoms with Crippen molar-refractivity contribution in [2.75, 3.05) is 13.2 Å². The molecule has 0 aliphatic carbocycles. The lowest BCUT2D eigenvalue weighted by atomic mass is 10.1. The lowest BCUT2D eigenvalue weighted by molar-refractivity contribution is 0.422. The SMILES string of the molecule is Cc1nn(CCF)c(C)c1CCN. The smallest absolute Gasteiger partial charge is 0.109 e. The van der Waals surface area contributed by atoms with Gasteiger partial charge < -0.3 is 5.73 Å². The largest absolute Gasteiger partial charge is 0.330 e. The van der Waals surface area contributed by atoms with Gasteiger partial charge in [-0.1, -0.05) is 0 Å². The Bertz CT molecular complexity index is 281. The van der Waals surface area contributed by atoms with Crippen LogP contribution in [0.4, 0.5) is 4.39 Å². The molecular weight excluding hydrogens is 169 g/mol. The molecular formula is C9H16FN3. The Morgan fingerprint density at radius 3 is 2.69 bits per heavy atom. The van der Waals surface area contributed by atoms with E-state index >= 15 is 0 Å². The van der Waals surface area contributed by atoms with Crippen molar-refractivity contribution in [3.05, 3.63) is 17.0 Å². The van der Waals surface area contributed by atoms with Crippen LogP contribution < -0.4 is 5.73 Å². The van der Waals surface area contributed by atoms with Gasteiger partial charge in [0.2, 0.25) is 0 Å². The molecule has 13 heavy (non-hydrogen) atoms. The monoisotopic (exact) mass is 185 g/mol. The molecule has 0 aromatic carbocycles. The van der Waals surface area contributed by atoms with Crippen LogP contribution in [0, 0.1) is 13.8 Å². The number of rotatable bonds is 4. The van der Waals surface area contributed by atoms with Crippen molar-refractivity contribution in [2.24, 2.45) is 5.73 Å². The third-order valence-electron chi connectivity index (χ3n) is 2.22. The van der Waals surface area contributed by atoms with Crippen LogP contribution in [0.15, 0.2) is 0 Å². The maximum absolute atomic E-state index is 12.1. The van der Waals surface area contributed by atoms with Crippen LogP contribution in [-0.4, -0.2) is 23.0 Å². The first-order valence-electron chi connectivity index (χ1n) is 4.49. The molecule has 1 aromatic rings. The summed E-state index contributed by atoms with van der Waals surface area (Å²) in [6, 6.07) is 0. The molecule has 1 heterocycles. The van der Waals surface area contributed by atoms with E-state index in [1.54, 1.807) is 4.68 Å². The van der Waals surface area contributed by atoms with Crippen LogP contribution in [0.1, 0.15) is 17.0 Å². The number of nitrogens with zero attached hydrogens (tertiary/aromatic N) is 2. The van der Waals surface area contributed by atoms with Gasteiger partial charge in [-0.25, -0.2) is 4.39 Å². The van der Waals surface area contributed by atoms with Crippen LogP contribution in [0.2, 0.25) is 0 Å². The van der Waals surface area contributed by atoms with Crippen LogP contribution in [0.25, 0.3) is 0 Å². The van der Waals surface area contributed by atoms with E-state index < -0.39 is 0 Å². The topological polar surface area (TPSA) is 43.8 Å². The highest BCUT2D eigenvalue weighted by Gasteiger charge is 2.09. The minimum Gasteiger partial charge on any atom is -0.330 e. The van der Waals surface area contributed by atoms with Gasteiger partial charge in [-0.05, 0) is 32.4 Å². The Hall–Kier alpha value is -0.900. The molecule has 1 rings (SSSR count). The van der Waals surface area contributed by atoms with E-state index in [2.05, 4.69) is 5.10 Å². The summed E-state index contributed by atoms with van der Waals surface area (Å²) in [7, 11) is 0. The number of alkyl halides is 1. The van der Waals surface area contributed by atoms with E-state index in [0.717, 1.165) is 23.4 Å². The molecule has 0 bridgehead atoms. The molecule has 0 spiro atoms. The molecule has 0 radical (unpaired) electrons. The summed E-state index contributed by atoms with van der Waals surface area (Å²) in [5, 5.41) is 4.24. The van der Waals surface area contributed by atoms with E-state index in [1.165, 1.54) is 0 Å². The van der Waals surface area contributed by atoms with E-state index in [1.807, 2.05) is 13.8 Å². The Labute approximate surface area is 77.7 Å². The molecule has 0 unspecified atom stereocenters. The minimum atomic E-state index is -0.371. The minimum absolute atomic E-state index is 0.344. The molecule has 74 valence electrons. The first-order chi connectivity index (χ1) is 6.20. The molecule has 0 atom stereocenters. The zero-order chi connectivity index (χ0) is 9.84. The second-order valence-electron chi connectivity index (χ2n) is 3.10. The molecule has 2 N–H and O–H groups in total. The van der Waals surface area contributed by atoms with E-state index in [-0.39, 0.29) is 6.67 Å². The van der Waals surface area contributed by atoms with Gasteiger partial charge in [-0.3, -0.25) is 4.68 Å². The van der Waals surface area contributed by atoms with Gasteiger partial charge in [-0.15, -0.1) is 0 Å². The van der Waals surface area contributed by atoms with Crippen LogP contribution in [0.5, 0.6) is 0 Å². The number of halogens is 1. The number of aromatic nitrogens is 2. The first-order valence-corrected chi connectivity index (χ1v) is 4.49. The van der Waals surface area contributed by atoms with Crippen molar-refractivity contribution in [3.63, 3.8) is 0 Å². The molecule has 3 nitrogen and oxygen atoms in total. The summed E-state index contributed by atoms with van der Waals surface area (Å²) in [4.78, 5) is 0. The number of hydrogen-bond donors (Lipinski definition) is 1. The average Bonchev–Trinajstić information content (AvgIpc) is 2.34. The third-order valence-corrected chi connectivity index (χ3v) is 2.22. The summed E-state index contributed by atoms with van der Waals surface area (Å²) in [5.74, 6) is 0. The van der Waals surface area contributed by atoms with Crippen molar-refractivity contribution >= 4 is 0 Å². The zero-order valence-corrected chi connectivity index (χ0v) is 8.18. The molecule has 0 fully saturated rings. The lowest BCUT2D eigenvalue weighted by Gasteiger charge is -2.01. The predicted molar refractivity (Wildman–Crippen MR) is 50.4 cm³/mol. The Morgan fingerprint density at radius 2 is 2.15 bits per heavy atom. The summed E-state index contributed by atoms with van der Waals surface area (Å²) in [6.07, 6.45) is 0.823. The number of aryl methyl sites for hydroxylation is 2. The zero-order valence-electron chi connectivity index (χ0n) is 8.18. The van der Waals surface area contributed by atoms with Gasteiger partial charge in [0.1, 0.15) is 6.67 Å². The summed E-state index contributed by atoms with van der Waals surface area (Å²) < 4.78 is 13.8. The van der Waals surface area contributed by atoms with Crippen LogP contribution >= 0.6 is 0 Å². The van der Waals surface area contributed by atoms with Gasteiger partial charge in [0.25, 0.3) is 0 Å². The maximum atomic E-state index is 12.1. The van der Waals surface area contributed by atoms with Crippen molar-refractivity contribution < 1.29 is 4.39 Å². The van der Waals surface area contributed by atoms with Gasteiger partial charge in [-0.2, -0.15) is 5.10 Å². The van der Waals surface area contributed by atoms with Gasteiger partial charge >= 0.3 is 0 Å². The van der Waals surface area contributed by atoms with E-state index in [9.17, 15) is 4.39 Å². The summed E-state index contributed by atoms with van der Waals surface area (Å²) in [5.41, 5.74) is 8.64. The van der Waals surface area contributed by atoms with Gasteiger partial charge in [0.15, 0.2) is 0 Å². The lowest BCUT2D eigenvalue weighted by Crippen LogP contribution is -2.06. The van der Waals surface area contributed by atoms with Crippen LogP contribution in [-0.2, 0) is 13.0 Å². The summed E-state index contributed by atoms with van der Waals surface area (Å²) in [6.45, 7) is 4.48. The van der Waals surface area contributed by atoms with Crippen molar-refractivity contribution in [2.45, 2.75) is 26.8 Å². The maximum Gasteiger partial charge on any atom is 0.109 e. The molecule has 0 saturated carbocycles. The molecule has 0 aliphatic heterocycles. The van der Waals surface area contributed by atoms with Gasteiger partial charge in [0.05, 0.1) is 12.2 Å². The number of hydrogen-bond acceptors (Lipinski definition) is 2. The first kappa shape index (κ1) is 10.2. The van der Waals surface area contributed by atoms with Crippen molar-refractivity contribution in [1.82, 2.24) is 9.78 Å². The van der Waals surface area contributed by atoms with E-state index in [4.69, 9.17) is 5.73 Å². The molecule has 4 heteroatoms. The molecule has 0 saturated heterocycles.